The van der Waals surface area contributed by atoms with Crippen molar-refractivity contribution in [2.45, 2.75) is 163 Å². The summed E-state index contributed by atoms with van der Waals surface area (Å²) in [5.74, 6) is 4.92. The van der Waals surface area contributed by atoms with Crippen LogP contribution < -0.4 is 9.47 Å². The fraction of sp³-hybridized carbons (Fsp3) is 0.357. The van der Waals surface area contributed by atoms with Crippen LogP contribution in [0.2, 0.25) is 0 Å². The molecule has 0 amide bonds. The van der Waals surface area contributed by atoms with Gasteiger partial charge in [-0.3, -0.25) is 4.79 Å². The number of Topliss-reactive ketones (excluding diaryl/α,β-unsaturated/α-hetero) is 1. The molecule has 13 rings (SSSR count). The number of hydrogen-bond donors (Lipinski definition) is 0. The summed E-state index contributed by atoms with van der Waals surface area (Å²) in [4.78, 5) is 27.5. The first-order valence-corrected chi connectivity index (χ1v) is 32.1. The molecule has 0 saturated heterocycles. The van der Waals surface area contributed by atoms with Gasteiger partial charge in [0.15, 0.2) is 5.78 Å². The number of thiophene rings is 1. The van der Waals surface area contributed by atoms with E-state index in [-0.39, 0.29) is 16.9 Å². The number of aromatic nitrogens is 12. The van der Waals surface area contributed by atoms with Crippen molar-refractivity contribution in [3.63, 3.8) is 0 Å². The predicted octanol–water partition coefficient (Wildman–Crippen LogP) is 17.7. The van der Waals surface area contributed by atoms with E-state index >= 15 is 0 Å². The molecule has 2 aliphatic rings. The summed E-state index contributed by atoms with van der Waals surface area (Å²) >= 11 is 5.16. The third-order valence-electron chi connectivity index (χ3n) is 16.5. The van der Waals surface area contributed by atoms with Gasteiger partial charge >= 0.3 is 0 Å². The monoisotopic (exact) mass is 1240 g/mol. The molecule has 5 heterocycles. The molecule has 17 heteroatoms. The summed E-state index contributed by atoms with van der Waals surface area (Å²) in [6, 6.07) is 46.8. The molecule has 87 heavy (non-hydrogen) atoms. The van der Waals surface area contributed by atoms with Gasteiger partial charge in [-0.15, -0.1) is 31.7 Å². The third kappa shape index (κ3) is 13.1. The second-order valence-corrected chi connectivity index (χ2v) is 27.3. The Kier molecular flexibility index (Phi) is 17.0. The number of ether oxygens (including phenoxy) is 2. The standard InChI is InChI=1S/C38H40N6O2S.C32H35BrN6O/c1-24-11-17-31(35-20-19-34(47-35)25(2)45)28(21-24)23-46-30-15-12-26(13-16-30)37-39-32-22-27(36-40-42-44(41-36)38(3,4)5)14-18-33(32)43(37)29-9-7-6-8-10-29;1-21-10-16-27(33)24(18-21)20-40-26-14-11-22(12-15-26)31-34-28-19-23(30-35-37-39(36-30)32(2,3)4)13-17-29(28)38(31)25-8-6-5-7-9-25/h11-22,29H,6-10,23H2,1-5H3;10-19,25H,5-9,20H2,1-4H3. The van der Waals surface area contributed by atoms with Gasteiger partial charge in [-0.2, -0.15) is 9.59 Å². The fourth-order valence-corrected chi connectivity index (χ4v) is 13.1. The SMILES string of the molecule is CC(=O)c1ccc(-c2ccc(C)cc2COc2ccc(-c3nc4cc(-c5nnn(C(C)(C)C)n5)ccc4n3C3CCCCC3)cc2)s1.Cc1ccc(Br)c(COc2ccc(-c3nc4cc(-c5nnn(C(C)(C)C)n5)ccc4n3C3CCCCC3)cc2)c1. The van der Waals surface area contributed by atoms with Crippen molar-refractivity contribution in [2.75, 3.05) is 0 Å². The Morgan fingerprint density at radius 1 is 0.540 bits per heavy atom. The second kappa shape index (κ2) is 24.9. The van der Waals surface area contributed by atoms with Gasteiger partial charge in [0.25, 0.3) is 0 Å². The molecule has 5 aromatic heterocycles. The largest absolute Gasteiger partial charge is 0.489 e. The lowest BCUT2D eigenvalue weighted by molar-refractivity contribution is 0.102. The van der Waals surface area contributed by atoms with Gasteiger partial charge in [0, 0.05) is 49.3 Å². The summed E-state index contributed by atoms with van der Waals surface area (Å²) in [5, 5.41) is 26.5. The van der Waals surface area contributed by atoms with E-state index in [4.69, 9.17) is 19.4 Å². The van der Waals surface area contributed by atoms with Gasteiger partial charge in [0.1, 0.15) is 36.4 Å². The molecule has 6 aromatic carbocycles. The number of aryl methyl sites for hydroxylation is 2. The molecule has 2 fully saturated rings. The minimum absolute atomic E-state index is 0.0887. The van der Waals surface area contributed by atoms with Gasteiger partial charge in [-0.05, 0) is 213 Å². The number of ketones is 1. The van der Waals surface area contributed by atoms with Gasteiger partial charge in [0.05, 0.1) is 38.0 Å². The lowest BCUT2D eigenvalue weighted by Crippen LogP contribution is -2.24. The summed E-state index contributed by atoms with van der Waals surface area (Å²) in [6.07, 6.45) is 12.2. The van der Waals surface area contributed by atoms with E-state index in [1.54, 1.807) is 16.5 Å². The normalized spacial score (nSPS) is 14.4. The number of tetrazole rings is 2. The van der Waals surface area contributed by atoms with Crippen molar-refractivity contribution in [2.24, 2.45) is 0 Å². The number of hydrogen-bond acceptors (Lipinski definition) is 12. The molecule has 15 nitrogen and oxygen atoms in total. The highest BCUT2D eigenvalue weighted by Crippen LogP contribution is 2.40. The van der Waals surface area contributed by atoms with Crippen LogP contribution in [-0.4, -0.2) is 65.3 Å². The lowest BCUT2D eigenvalue weighted by Gasteiger charge is -2.25. The smallest absolute Gasteiger partial charge is 0.205 e. The third-order valence-corrected chi connectivity index (χ3v) is 18.5. The van der Waals surface area contributed by atoms with Crippen LogP contribution in [0.5, 0.6) is 11.5 Å². The molecule has 446 valence electrons. The van der Waals surface area contributed by atoms with Crippen LogP contribution in [0.15, 0.2) is 138 Å². The summed E-state index contributed by atoms with van der Waals surface area (Å²) in [6.45, 7) is 19.1. The molecule has 0 atom stereocenters. The molecule has 0 bridgehead atoms. The average Bonchev–Trinajstić information content (AvgIpc) is 1.89. The number of nitrogens with zero attached hydrogens (tertiary/aromatic N) is 12. The second-order valence-electron chi connectivity index (χ2n) is 25.3. The number of halogens is 1. The van der Waals surface area contributed by atoms with Crippen LogP contribution in [0.1, 0.15) is 157 Å². The molecular formula is C70H75BrN12O3S. The highest BCUT2D eigenvalue weighted by Gasteiger charge is 2.27. The van der Waals surface area contributed by atoms with Crippen LogP contribution in [0.3, 0.4) is 0 Å². The molecule has 11 aromatic rings. The Morgan fingerprint density at radius 2 is 0.989 bits per heavy atom. The zero-order valence-electron chi connectivity index (χ0n) is 51.2. The van der Waals surface area contributed by atoms with E-state index in [1.807, 2.05) is 36.4 Å². The van der Waals surface area contributed by atoms with Crippen LogP contribution in [0.25, 0.3) is 78.1 Å². The fourth-order valence-electron chi connectivity index (χ4n) is 11.8. The van der Waals surface area contributed by atoms with E-state index in [2.05, 4.69) is 208 Å². The minimum atomic E-state index is -0.242. The van der Waals surface area contributed by atoms with Crippen molar-refractivity contribution < 1.29 is 14.3 Å². The Balaban J connectivity index is 0.000000172. The van der Waals surface area contributed by atoms with Crippen LogP contribution in [0, 0.1) is 13.8 Å². The molecule has 0 spiro atoms. The predicted molar refractivity (Wildman–Crippen MR) is 350 cm³/mol. The molecule has 2 aliphatic carbocycles. The highest BCUT2D eigenvalue weighted by molar-refractivity contribution is 9.10. The molecule has 0 unspecified atom stereocenters. The van der Waals surface area contributed by atoms with Gasteiger partial charge < -0.3 is 18.6 Å². The number of imidazole rings is 2. The average molecular weight is 1240 g/mol. The molecule has 0 N–H and O–H groups in total. The van der Waals surface area contributed by atoms with Crippen LogP contribution >= 0.6 is 27.3 Å². The van der Waals surface area contributed by atoms with Gasteiger partial charge in [0.2, 0.25) is 11.6 Å². The maximum Gasteiger partial charge on any atom is 0.205 e. The first kappa shape index (κ1) is 59.2. The Morgan fingerprint density at radius 3 is 1.44 bits per heavy atom. The molecule has 0 radical (unpaired) electrons. The van der Waals surface area contributed by atoms with E-state index in [0.29, 0.717) is 36.9 Å². The van der Waals surface area contributed by atoms with E-state index < -0.39 is 0 Å². The summed E-state index contributed by atoms with van der Waals surface area (Å²) < 4.78 is 18.4. The zero-order chi connectivity index (χ0) is 60.6. The van der Waals surface area contributed by atoms with E-state index in [1.165, 1.54) is 73.8 Å². The molecule has 0 aliphatic heterocycles. The summed E-state index contributed by atoms with van der Waals surface area (Å²) in [7, 11) is 0. The topological polar surface area (TPSA) is 158 Å². The van der Waals surface area contributed by atoms with E-state index in [9.17, 15) is 4.79 Å². The Labute approximate surface area is 521 Å². The number of carbonyl (C=O) groups is 1. The first-order chi connectivity index (χ1) is 41.9. The highest BCUT2D eigenvalue weighted by atomic mass is 79.9. The van der Waals surface area contributed by atoms with E-state index in [0.717, 1.165) is 111 Å². The summed E-state index contributed by atoms with van der Waals surface area (Å²) in [5.41, 5.74) is 13.4. The quantitative estimate of drug-likeness (QED) is 0.0954. The minimum Gasteiger partial charge on any atom is -0.489 e. The lowest BCUT2D eigenvalue weighted by atomic mass is 9.95. The van der Waals surface area contributed by atoms with Crippen molar-refractivity contribution in [3.05, 3.63) is 165 Å². The number of fused-ring (bicyclic) bond motifs is 2. The number of benzene rings is 6. The first-order valence-electron chi connectivity index (χ1n) is 30.5. The number of rotatable bonds is 14. The van der Waals surface area contributed by atoms with Crippen molar-refractivity contribution >= 4 is 55.1 Å². The molecular weight excluding hydrogens is 1170 g/mol. The van der Waals surface area contributed by atoms with Crippen LogP contribution in [0.4, 0.5) is 0 Å². The van der Waals surface area contributed by atoms with Crippen molar-refractivity contribution in [1.82, 2.24) is 59.5 Å². The van der Waals surface area contributed by atoms with Crippen molar-refractivity contribution in [1.29, 1.82) is 0 Å². The Hall–Kier alpha value is -8.15. The number of carbonyl (C=O) groups excluding carboxylic acids is 1. The Bertz CT molecular complexity index is 4240. The maximum absolute atomic E-state index is 11.9. The zero-order valence-corrected chi connectivity index (χ0v) is 53.6. The molecule has 2 saturated carbocycles. The van der Waals surface area contributed by atoms with Crippen LogP contribution in [-0.2, 0) is 24.3 Å². The van der Waals surface area contributed by atoms with Gasteiger partial charge in [-0.25, -0.2) is 9.97 Å². The van der Waals surface area contributed by atoms with Crippen molar-refractivity contribution in [3.8, 4) is 67.5 Å². The maximum atomic E-state index is 11.9. The van der Waals surface area contributed by atoms with Gasteiger partial charge in [-0.1, -0.05) is 95.9 Å².